The van der Waals surface area contributed by atoms with E-state index in [0.717, 1.165) is 5.75 Å². The molecule has 5 nitrogen and oxygen atoms in total. The summed E-state index contributed by atoms with van der Waals surface area (Å²) < 4.78 is 11.9. The third-order valence-electron chi connectivity index (χ3n) is 7.63. The first-order chi connectivity index (χ1) is 21.8. The molecule has 0 unspecified atom stereocenters. The fourth-order valence-electron chi connectivity index (χ4n) is 4.86. The van der Waals surface area contributed by atoms with Gasteiger partial charge in [-0.2, -0.15) is 0 Å². The minimum atomic E-state index is -0.486. The molecule has 5 rings (SSSR count). The average molecular weight is 611 g/mol. The van der Waals surface area contributed by atoms with Crippen molar-refractivity contribution in [3.8, 4) is 23.0 Å². The van der Waals surface area contributed by atoms with Crippen LogP contribution in [-0.4, -0.2) is 17.3 Å². The zero-order valence-electron chi connectivity index (χ0n) is 27.1. The highest BCUT2D eigenvalue weighted by Crippen LogP contribution is 2.28. The zero-order valence-corrected chi connectivity index (χ0v) is 27.1. The number of ether oxygens (including phenoxy) is 2. The summed E-state index contributed by atoms with van der Waals surface area (Å²) in [5.74, 6) is 2.31. The van der Waals surface area contributed by atoms with Gasteiger partial charge in [0.25, 0.3) is 0 Å². The van der Waals surface area contributed by atoms with Crippen LogP contribution in [0.25, 0.3) is 0 Å². The predicted molar refractivity (Wildman–Crippen MR) is 182 cm³/mol. The molecule has 5 aromatic rings. The van der Waals surface area contributed by atoms with Gasteiger partial charge >= 0.3 is 0 Å². The van der Waals surface area contributed by atoms with E-state index in [1.807, 2.05) is 32.9 Å². The lowest BCUT2D eigenvalue weighted by Crippen LogP contribution is -2.20. The Balaban J connectivity index is 1.17. The molecule has 0 saturated carbocycles. The summed E-state index contributed by atoms with van der Waals surface area (Å²) in [5, 5.41) is 0. The second kappa shape index (κ2) is 13.0. The van der Waals surface area contributed by atoms with Crippen molar-refractivity contribution in [1.82, 2.24) is 0 Å². The van der Waals surface area contributed by atoms with Crippen molar-refractivity contribution in [3.05, 3.63) is 155 Å². The Morgan fingerprint density at radius 3 is 0.935 bits per heavy atom. The van der Waals surface area contributed by atoms with Crippen molar-refractivity contribution in [3.63, 3.8) is 0 Å². The predicted octanol–water partition coefficient (Wildman–Crippen LogP) is 10.3. The molecule has 0 heterocycles. The van der Waals surface area contributed by atoms with Crippen LogP contribution in [0.4, 0.5) is 0 Å². The molecule has 46 heavy (non-hydrogen) atoms. The maximum Gasteiger partial charge on any atom is 0.193 e. The van der Waals surface area contributed by atoms with Gasteiger partial charge in [-0.3, -0.25) is 14.4 Å². The lowest BCUT2D eigenvalue weighted by atomic mass is 9.86. The second-order valence-corrected chi connectivity index (χ2v) is 13.4. The largest absolute Gasteiger partial charge is 0.457 e. The summed E-state index contributed by atoms with van der Waals surface area (Å²) in [6, 6.07) is 35.7. The second-order valence-electron chi connectivity index (χ2n) is 13.4. The van der Waals surface area contributed by atoms with Crippen LogP contribution in [0.2, 0.25) is 0 Å². The van der Waals surface area contributed by atoms with Crippen LogP contribution in [0.15, 0.2) is 121 Å². The van der Waals surface area contributed by atoms with Gasteiger partial charge in [-0.1, -0.05) is 77.9 Å². The topological polar surface area (TPSA) is 69.7 Å². The van der Waals surface area contributed by atoms with Gasteiger partial charge in [-0.05, 0) is 95.9 Å². The fourth-order valence-corrected chi connectivity index (χ4v) is 4.86. The van der Waals surface area contributed by atoms with Crippen molar-refractivity contribution in [2.24, 2.45) is 5.41 Å². The highest BCUT2D eigenvalue weighted by Gasteiger charge is 2.23. The molecule has 0 spiro atoms. The fraction of sp³-hybridized carbons (Fsp3) is 0.195. The van der Waals surface area contributed by atoms with Gasteiger partial charge < -0.3 is 9.47 Å². The first kappa shape index (κ1) is 32.1. The Hall–Kier alpha value is -5.29. The van der Waals surface area contributed by atoms with E-state index in [1.165, 1.54) is 5.56 Å². The molecule has 0 saturated heterocycles. The molecule has 0 atom stereocenters. The normalized spacial score (nSPS) is 11.5. The number of rotatable bonds is 9. The molecule has 0 radical (unpaired) electrons. The van der Waals surface area contributed by atoms with E-state index in [-0.39, 0.29) is 22.8 Å². The lowest BCUT2D eigenvalue weighted by molar-refractivity contribution is 0.0857. The SMILES string of the molecule is CC(C)(C)C(=O)c1ccc(C(=O)c2ccc(Oc3ccc(C(=O)c4ccc(Oc5ccc(C(C)(C)C)cc5)cc4)cc3)cc2)cc1. The number of ketones is 3. The average Bonchev–Trinajstić information content (AvgIpc) is 3.04. The van der Waals surface area contributed by atoms with Crippen LogP contribution in [0.1, 0.15) is 89.3 Å². The minimum absolute atomic E-state index is 0.0310. The molecule has 0 aliphatic heterocycles. The van der Waals surface area contributed by atoms with E-state index < -0.39 is 5.41 Å². The maximum atomic E-state index is 13.1. The van der Waals surface area contributed by atoms with Gasteiger partial charge in [0.05, 0.1) is 0 Å². The molecule has 0 aliphatic carbocycles. The molecule has 0 bridgehead atoms. The first-order valence-electron chi connectivity index (χ1n) is 15.3. The summed E-state index contributed by atoms with van der Waals surface area (Å²) in [7, 11) is 0. The van der Waals surface area contributed by atoms with Gasteiger partial charge in [0.1, 0.15) is 23.0 Å². The van der Waals surface area contributed by atoms with E-state index in [0.29, 0.717) is 45.1 Å². The Morgan fingerprint density at radius 1 is 0.391 bits per heavy atom. The van der Waals surface area contributed by atoms with Crippen molar-refractivity contribution >= 4 is 17.3 Å². The van der Waals surface area contributed by atoms with E-state index in [9.17, 15) is 14.4 Å². The third kappa shape index (κ3) is 7.67. The van der Waals surface area contributed by atoms with Gasteiger partial charge in [0.15, 0.2) is 17.3 Å². The smallest absolute Gasteiger partial charge is 0.193 e. The molecule has 5 aromatic carbocycles. The monoisotopic (exact) mass is 610 g/mol. The van der Waals surface area contributed by atoms with Crippen LogP contribution in [0.3, 0.4) is 0 Å². The third-order valence-corrected chi connectivity index (χ3v) is 7.63. The Kier molecular flexibility index (Phi) is 9.06. The molecule has 0 aliphatic rings. The van der Waals surface area contributed by atoms with E-state index in [4.69, 9.17) is 9.47 Å². The molecule has 5 heteroatoms. The molecule has 0 N–H and O–H groups in total. The minimum Gasteiger partial charge on any atom is -0.457 e. The van der Waals surface area contributed by atoms with Gasteiger partial charge in [-0.25, -0.2) is 0 Å². The highest BCUT2D eigenvalue weighted by atomic mass is 16.5. The van der Waals surface area contributed by atoms with Crippen molar-refractivity contribution in [2.75, 3.05) is 0 Å². The number of Topliss-reactive ketones (excluding diaryl/α,β-unsaturated/α-hetero) is 1. The number of benzene rings is 5. The molecule has 232 valence electrons. The van der Waals surface area contributed by atoms with Gasteiger partial charge in [-0.15, -0.1) is 0 Å². The van der Waals surface area contributed by atoms with Crippen LogP contribution < -0.4 is 9.47 Å². The summed E-state index contributed by atoms with van der Waals surface area (Å²) in [5.41, 5.74) is 3.52. The first-order valence-corrected chi connectivity index (χ1v) is 15.3. The molecule has 0 fully saturated rings. The standard InChI is InChI=1S/C41H38O5/c1-40(2,3)32-17-25-36(26-18-32)46-35-23-15-30(16-24-35)38(43)29-13-21-34(22-14-29)45-33-19-11-28(12-20-33)37(42)27-7-9-31(10-8-27)39(44)41(4,5)6/h7-26H,1-6H3. The summed E-state index contributed by atoms with van der Waals surface area (Å²) in [4.78, 5) is 38.6. The van der Waals surface area contributed by atoms with Crippen molar-refractivity contribution in [2.45, 2.75) is 47.0 Å². The highest BCUT2D eigenvalue weighted by molar-refractivity contribution is 6.10. The quantitative estimate of drug-likeness (QED) is 0.155. The zero-order chi connectivity index (χ0) is 33.1. The number of hydrogen-bond acceptors (Lipinski definition) is 5. The Labute approximate surface area is 270 Å². The Morgan fingerprint density at radius 2 is 0.652 bits per heavy atom. The number of carbonyl (C=O) groups excluding carboxylic acids is 3. The summed E-state index contributed by atoms with van der Waals surface area (Å²) in [6.45, 7) is 12.1. The van der Waals surface area contributed by atoms with Crippen LogP contribution in [-0.2, 0) is 5.41 Å². The summed E-state index contributed by atoms with van der Waals surface area (Å²) >= 11 is 0. The summed E-state index contributed by atoms with van der Waals surface area (Å²) in [6.07, 6.45) is 0. The van der Waals surface area contributed by atoms with Crippen LogP contribution >= 0.6 is 0 Å². The van der Waals surface area contributed by atoms with Crippen molar-refractivity contribution in [1.29, 1.82) is 0 Å². The van der Waals surface area contributed by atoms with Crippen LogP contribution in [0.5, 0.6) is 23.0 Å². The molecule has 0 amide bonds. The van der Waals surface area contributed by atoms with Gasteiger partial charge in [0.2, 0.25) is 0 Å². The number of carbonyl (C=O) groups is 3. The molecular formula is C41H38O5. The van der Waals surface area contributed by atoms with E-state index in [2.05, 4.69) is 32.9 Å². The van der Waals surface area contributed by atoms with E-state index in [1.54, 1.807) is 97.1 Å². The van der Waals surface area contributed by atoms with Crippen molar-refractivity contribution < 1.29 is 23.9 Å². The van der Waals surface area contributed by atoms with E-state index >= 15 is 0 Å². The molecule has 0 aromatic heterocycles. The molecular weight excluding hydrogens is 572 g/mol. The number of hydrogen-bond donors (Lipinski definition) is 0. The maximum absolute atomic E-state index is 13.1. The Bertz CT molecular complexity index is 1830. The van der Waals surface area contributed by atoms with Gasteiger partial charge in [0, 0.05) is 33.2 Å². The lowest BCUT2D eigenvalue weighted by Gasteiger charge is -2.19. The van der Waals surface area contributed by atoms with Crippen LogP contribution in [0, 0.1) is 5.41 Å².